The van der Waals surface area contributed by atoms with Crippen LogP contribution >= 0.6 is 22.9 Å². The Morgan fingerprint density at radius 1 is 1.19 bits per heavy atom. The zero-order valence-electron chi connectivity index (χ0n) is 14.0. The van der Waals surface area contributed by atoms with Crippen LogP contribution in [-0.2, 0) is 9.59 Å². The summed E-state index contributed by atoms with van der Waals surface area (Å²) in [5.74, 6) is -0.596. The Morgan fingerprint density at radius 3 is 2.69 bits per heavy atom. The molecule has 2 amide bonds. The van der Waals surface area contributed by atoms with Gasteiger partial charge in [-0.05, 0) is 30.3 Å². The van der Waals surface area contributed by atoms with Crippen molar-refractivity contribution in [1.82, 2.24) is 9.88 Å². The number of benzene rings is 2. The van der Waals surface area contributed by atoms with E-state index in [0.717, 1.165) is 15.2 Å². The summed E-state index contributed by atoms with van der Waals surface area (Å²) in [4.78, 5) is 30.0. The fourth-order valence-corrected chi connectivity index (χ4v) is 3.33. The topological polar surface area (TPSA) is 62.3 Å². The number of carbonyl (C=O) groups excluding carboxylic acids is 2. The van der Waals surface area contributed by atoms with E-state index in [1.165, 1.54) is 22.3 Å². The second-order valence-electron chi connectivity index (χ2n) is 5.58. The van der Waals surface area contributed by atoms with Crippen LogP contribution in [0, 0.1) is 0 Å². The largest absolute Gasteiger partial charge is 0.333 e. The lowest BCUT2D eigenvalue weighted by Gasteiger charge is -2.15. The third kappa shape index (κ3) is 4.47. The van der Waals surface area contributed by atoms with Crippen LogP contribution in [0.15, 0.2) is 54.6 Å². The van der Waals surface area contributed by atoms with Gasteiger partial charge in [-0.2, -0.15) is 0 Å². The van der Waals surface area contributed by atoms with Crippen LogP contribution in [0.2, 0.25) is 5.02 Å². The molecule has 0 spiro atoms. The Hall–Kier alpha value is -2.70. The van der Waals surface area contributed by atoms with Gasteiger partial charge in [0.2, 0.25) is 11.8 Å². The van der Waals surface area contributed by atoms with Crippen molar-refractivity contribution in [2.24, 2.45) is 0 Å². The number of halogens is 1. The van der Waals surface area contributed by atoms with Gasteiger partial charge in [-0.25, -0.2) is 4.98 Å². The van der Waals surface area contributed by atoms with Crippen molar-refractivity contribution < 1.29 is 9.59 Å². The highest BCUT2D eigenvalue weighted by molar-refractivity contribution is 7.19. The molecule has 0 saturated carbocycles. The maximum atomic E-state index is 12.2. The Morgan fingerprint density at radius 2 is 1.92 bits per heavy atom. The number of thiazole rings is 1. The van der Waals surface area contributed by atoms with Crippen LogP contribution in [0.5, 0.6) is 0 Å². The van der Waals surface area contributed by atoms with Gasteiger partial charge in [-0.1, -0.05) is 35.9 Å². The van der Waals surface area contributed by atoms with Crippen LogP contribution in [0.1, 0.15) is 5.01 Å². The molecule has 0 aliphatic rings. The molecule has 0 bridgehead atoms. The van der Waals surface area contributed by atoms with Crippen LogP contribution in [-0.4, -0.2) is 35.3 Å². The van der Waals surface area contributed by atoms with E-state index in [2.05, 4.69) is 10.3 Å². The van der Waals surface area contributed by atoms with Gasteiger partial charge in [0.1, 0.15) is 5.01 Å². The molecule has 0 aliphatic carbocycles. The van der Waals surface area contributed by atoms with Gasteiger partial charge in [0, 0.05) is 13.1 Å². The summed E-state index contributed by atoms with van der Waals surface area (Å²) < 4.78 is 1.06. The molecule has 5 nitrogen and oxygen atoms in total. The number of anilines is 1. The zero-order valence-corrected chi connectivity index (χ0v) is 15.6. The molecule has 132 valence electrons. The highest BCUT2D eigenvalue weighted by Gasteiger charge is 2.12. The fourth-order valence-electron chi connectivity index (χ4n) is 2.28. The second-order valence-corrected chi connectivity index (χ2v) is 7.04. The van der Waals surface area contributed by atoms with Crippen LogP contribution in [0.3, 0.4) is 0 Å². The molecule has 1 N–H and O–H groups in total. The average Bonchev–Trinajstić information content (AvgIpc) is 3.04. The average molecular weight is 386 g/mol. The standard InChI is InChI=1S/C19H16ClN3O2S/c1-23(12-17(24)21-14-7-3-2-6-13(14)20)19(25)11-10-18-22-15-8-4-5-9-16(15)26-18/h2-11H,12H2,1H3,(H,21,24)/b11-10+. The number of fused-ring (bicyclic) bond motifs is 1. The first kappa shape index (κ1) is 18.1. The molecule has 0 fully saturated rings. The normalized spacial score (nSPS) is 11.0. The zero-order chi connectivity index (χ0) is 18.5. The molecule has 1 heterocycles. The van der Waals surface area contributed by atoms with Crippen molar-refractivity contribution in [3.63, 3.8) is 0 Å². The molecule has 0 aliphatic heterocycles. The molecular weight excluding hydrogens is 370 g/mol. The highest BCUT2D eigenvalue weighted by Crippen LogP contribution is 2.22. The third-order valence-electron chi connectivity index (χ3n) is 3.58. The maximum absolute atomic E-state index is 12.2. The van der Waals surface area contributed by atoms with E-state index in [-0.39, 0.29) is 18.4 Å². The predicted octanol–water partition coefficient (Wildman–Crippen LogP) is 4.06. The minimum Gasteiger partial charge on any atom is -0.333 e. The minimum atomic E-state index is -0.317. The van der Waals surface area contributed by atoms with Gasteiger partial charge in [0.25, 0.3) is 0 Å². The number of amides is 2. The van der Waals surface area contributed by atoms with E-state index in [4.69, 9.17) is 11.6 Å². The third-order valence-corrected chi connectivity index (χ3v) is 4.92. The number of likely N-dealkylation sites (N-methyl/N-ethyl adjacent to an activating group) is 1. The van der Waals surface area contributed by atoms with Gasteiger partial charge in [0.15, 0.2) is 0 Å². The van der Waals surface area contributed by atoms with Crippen molar-refractivity contribution >= 4 is 56.7 Å². The first-order valence-electron chi connectivity index (χ1n) is 7.86. The summed E-state index contributed by atoms with van der Waals surface area (Å²) in [7, 11) is 1.57. The number of hydrogen-bond acceptors (Lipinski definition) is 4. The molecule has 0 atom stereocenters. The molecule has 0 unspecified atom stereocenters. The van der Waals surface area contributed by atoms with Gasteiger partial charge in [0.05, 0.1) is 27.5 Å². The molecular formula is C19H16ClN3O2S. The van der Waals surface area contributed by atoms with Crippen molar-refractivity contribution in [2.45, 2.75) is 0 Å². The Bertz CT molecular complexity index is 951. The number of nitrogens with zero attached hydrogens (tertiary/aromatic N) is 2. The number of carbonyl (C=O) groups is 2. The van der Waals surface area contributed by atoms with Gasteiger partial charge < -0.3 is 10.2 Å². The summed E-state index contributed by atoms with van der Waals surface area (Å²) in [5.41, 5.74) is 1.42. The number of hydrogen-bond donors (Lipinski definition) is 1. The van der Waals surface area contributed by atoms with Crippen LogP contribution < -0.4 is 5.32 Å². The summed E-state index contributed by atoms with van der Waals surface area (Å²) >= 11 is 7.51. The predicted molar refractivity (Wildman–Crippen MR) is 106 cm³/mol. The summed E-state index contributed by atoms with van der Waals surface area (Å²) in [5, 5.41) is 3.88. The number of para-hydroxylation sites is 2. The summed E-state index contributed by atoms with van der Waals surface area (Å²) in [6.45, 7) is -0.0752. The number of rotatable bonds is 5. The molecule has 0 radical (unpaired) electrons. The summed E-state index contributed by atoms with van der Waals surface area (Å²) in [6.07, 6.45) is 3.08. The lowest BCUT2D eigenvalue weighted by atomic mass is 10.3. The quantitative estimate of drug-likeness (QED) is 0.673. The smallest absolute Gasteiger partial charge is 0.246 e. The molecule has 7 heteroatoms. The molecule has 2 aromatic carbocycles. The van der Waals surface area contributed by atoms with Gasteiger partial charge >= 0.3 is 0 Å². The summed E-state index contributed by atoms with van der Waals surface area (Å²) in [6, 6.07) is 14.7. The van der Waals surface area contributed by atoms with Crippen LogP contribution in [0.25, 0.3) is 16.3 Å². The molecule has 0 saturated heterocycles. The molecule has 3 aromatic rings. The highest BCUT2D eigenvalue weighted by atomic mass is 35.5. The van der Waals surface area contributed by atoms with Crippen molar-refractivity contribution in [3.05, 3.63) is 64.6 Å². The molecule has 3 rings (SSSR count). The molecule has 26 heavy (non-hydrogen) atoms. The van der Waals surface area contributed by atoms with Crippen molar-refractivity contribution in [3.8, 4) is 0 Å². The second kappa shape index (κ2) is 8.12. The first-order chi connectivity index (χ1) is 12.5. The van der Waals surface area contributed by atoms with E-state index in [9.17, 15) is 9.59 Å². The Balaban J connectivity index is 1.58. The van der Waals surface area contributed by atoms with Crippen LogP contribution in [0.4, 0.5) is 5.69 Å². The monoisotopic (exact) mass is 385 g/mol. The fraction of sp³-hybridized carbons (Fsp3) is 0.105. The van der Waals surface area contributed by atoms with E-state index in [0.29, 0.717) is 10.7 Å². The number of aromatic nitrogens is 1. The first-order valence-corrected chi connectivity index (χ1v) is 9.05. The van der Waals surface area contributed by atoms with Crippen molar-refractivity contribution in [2.75, 3.05) is 18.9 Å². The van der Waals surface area contributed by atoms with E-state index in [1.807, 2.05) is 24.3 Å². The Kier molecular flexibility index (Phi) is 5.65. The lowest BCUT2D eigenvalue weighted by molar-refractivity contribution is -0.129. The van der Waals surface area contributed by atoms with E-state index in [1.54, 1.807) is 37.4 Å². The van der Waals surface area contributed by atoms with Crippen molar-refractivity contribution in [1.29, 1.82) is 0 Å². The maximum Gasteiger partial charge on any atom is 0.246 e. The lowest BCUT2D eigenvalue weighted by Crippen LogP contribution is -2.33. The number of nitrogens with one attached hydrogen (secondary N) is 1. The molecule has 1 aromatic heterocycles. The van der Waals surface area contributed by atoms with E-state index < -0.39 is 0 Å². The minimum absolute atomic E-state index is 0.0752. The SMILES string of the molecule is CN(CC(=O)Nc1ccccc1Cl)C(=O)/C=C/c1nc2ccccc2s1. The van der Waals surface area contributed by atoms with Gasteiger partial charge in [-0.3, -0.25) is 9.59 Å². The Labute approximate surface area is 159 Å². The van der Waals surface area contributed by atoms with E-state index >= 15 is 0 Å². The van der Waals surface area contributed by atoms with Gasteiger partial charge in [-0.15, -0.1) is 11.3 Å².